The molecule has 0 aliphatic heterocycles. The van der Waals surface area contributed by atoms with Crippen LogP contribution in [0.3, 0.4) is 0 Å². The van der Waals surface area contributed by atoms with Crippen LogP contribution < -0.4 is 0 Å². The smallest absolute Gasteiger partial charge is 0.223 e. The highest BCUT2D eigenvalue weighted by atomic mass is 35.5. The zero-order valence-electron chi connectivity index (χ0n) is 7.48. The van der Waals surface area contributed by atoms with E-state index in [4.69, 9.17) is 16.9 Å². The first kappa shape index (κ1) is 11.8. The molecule has 0 unspecified atom stereocenters. The van der Waals surface area contributed by atoms with E-state index in [0.29, 0.717) is 0 Å². The summed E-state index contributed by atoms with van der Waals surface area (Å²) in [6, 6.07) is 2.91. The lowest BCUT2D eigenvalue weighted by atomic mass is 10.1. The van der Waals surface area contributed by atoms with E-state index in [9.17, 15) is 13.2 Å². The topological polar surface area (TPSA) is 36.7 Å². The molecule has 0 bridgehead atoms. The Balaban J connectivity index is 3.30. The van der Waals surface area contributed by atoms with E-state index in [1.54, 1.807) is 6.07 Å². The summed E-state index contributed by atoms with van der Waals surface area (Å²) < 4.78 is 38.0. The van der Waals surface area contributed by atoms with E-state index in [1.807, 2.05) is 0 Å². The average Bonchev–Trinajstić information content (AvgIpc) is 2.16. The van der Waals surface area contributed by atoms with Gasteiger partial charge in [0, 0.05) is 0 Å². The summed E-state index contributed by atoms with van der Waals surface area (Å²) in [5.74, 6) is -1.34. The first-order chi connectivity index (χ1) is 7.10. The molecule has 15 heavy (non-hydrogen) atoms. The van der Waals surface area contributed by atoms with E-state index in [2.05, 4.69) is 4.98 Å². The molecule has 0 N–H and O–H groups in total. The summed E-state index contributed by atoms with van der Waals surface area (Å²) in [6.07, 6.45) is -3.27. The molecule has 2 nitrogen and oxygen atoms in total. The first-order valence-electron chi connectivity index (χ1n) is 3.99. The second kappa shape index (κ2) is 4.99. The van der Waals surface area contributed by atoms with Crippen molar-refractivity contribution >= 4 is 11.6 Å². The second-order valence-electron chi connectivity index (χ2n) is 2.75. The molecule has 6 heteroatoms. The molecule has 1 aromatic heterocycles. The predicted molar refractivity (Wildman–Crippen MR) is 48.0 cm³/mol. The van der Waals surface area contributed by atoms with Crippen molar-refractivity contribution in [1.29, 1.82) is 5.26 Å². The van der Waals surface area contributed by atoms with Crippen LogP contribution in [-0.2, 0) is 12.3 Å². The van der Waals surface area contributed by atoms with Crippen LogP contribution in [0.2, 0.25) is 0 Å². The normalized spacial score (nSPS) is 10.4. The predicted octanol–water partition coefficient (Wildman–Crippen LogP) is 2.96. The first-order valence-corrected chi connectivity index (χ1v) is 4.52. The zero-order valence-corrected chi connectivity index (χ0v) is 8.23. The Bertz CT molecular complexity index is 401. The lowest BCUT2D eigenvalue weighted by Gasteiger charge is -2.08. The molecule has 0 atom stereocenters. The zero-order chi connectivity index (χ0) is 11.4. The van der Waals surface area contributed by atoms with E-state index in [-0.39, 0.29) is 23.6 Å². The van der Waals surface area contributed by atoms with Gasteiger partial charge in [-0.2, -0.15) is 9.65 Å². The van der Waals surface area contributed by atoms with Gasteiger partial charge in [-0.15, -0.1) is 11.6 Å². The highest BCUT2D eigenvalue weighted by Gasteiger charge is 2.20. The number of hydrogen-bond acceptors (Lipinski definition) is 2. The molecule has 1 heterocycles. The Hall–Kier alpha value is -1.28. The largest absolute Gasteiger partial charge is 0.268 e. The number of halogens is 4. The van der Waals surface area contributed by atoms with E-state index >= 15 is 0 Å². The highest BCUT2D eigenvalue weighted by molar-refractivity contribution is 6.16. The number of aromatic nitrogens is 1. The average molecular weight is 235 g/mol. The molecule has 0 fully saturated rings. The van der Waals surface area contributed by atoms with Gasteiger partial charge < -0.3 is 0 Å². The molecule has 0 aliphatic rings. The molecule has 0 spiro atoms. The monoisotopic (exact) mass is 234 g/mol. The minimum absolute atomic E-state index is 0.0596. The lowest BCUT2D eigenvalue weighted by Crippen LogP contribution is -2.04. The maximum Gasteiger partial charge on any atom is 0.268 e. The van der Waals surface area contributed by atoms with Crippen molar-refractivity contribution in [2.24, 2.45) is 0 Å². The van der Waals surface area contributed by atoms with Gasteiger partial charge >= 0.3 is 0 Å². The lowest BCUT2D eigenvalue weighted by molar-refractivity contribution is 0.144. The van der Waals surface area contributed by atoms with E-state index in [1.165, 1.54) is 6.07 Å². The SMILES string of the molecule is N#CCc1cc(CCl)nc(F)c1C(F)F. The molecular weight excluding hydrogens is 229 g/mol. The quantitative estimate of drug-likeness (QED) is 0.596. The molecule has 0 saturated carbocycles. The van der Waals surface area contributed by atoms with Crippen LogP contribution in [0.5, 0.6) is 0 Å². The summed E-state index contributed by atoms with van der Waals surface area (Å²) in [7, 11) is 0. The summed E-state index contributed by atoms with van der Waals surface area (Å²) >= 11 is 5.40. The number of hydrogen-bond donors (Lipinski definition) is 0. The fourth-order valence-electron chi connectivity index (χ4n) is 1.16. The Labute approximate surface area is 89.3 Å². The number of nitriles is 1. The van der Waals surface area contributed by atoms with Crippen molar-refractivity contribution in [3.05, 3.63) is 28.8 Å². The molecule has 80 valence electrons. The standard InChI is InChI=1S/C9H6ClF3N2/c10-4-6-3-5(1-2-14)7(8(11)12)9(13)15-6/h3,8H,1,4H2. The van der Waals surface area contributed by atoms with Gasteiger partial charge in [-0.1, -0.05) is 0 Å². The third kappa shape index (κ3) is 2.60. The molecule has 1 aromatic rings. The van der Waals surface area contributed by atoms with Crippen molar-refractivity contribution in [2.45, 2.75) is 18.7 Å². The second-order valence-corrected chi connectivity index (χ2v) is 3.01. The number of rotatable bonds is 3. The van der Waals surface area contributed by atoms with Crippen LogP contribution in [0.1, 0.15) is 23.2 Å². The molecule has 0 radical (unpaired) electrons. The van der Waals surface area contributed by atoms with Crippen LogP contribution in [0.4, 0.5) is 13.2 Å². The molecular formula is C9H6ClF3N2. The van der Waals surface area contributed by atoms with E-state index < -0.39 is 17.9 Å². The summed E-state index contributed by atoms with van der Waals surface area (Å²) in [4.78, 5) is 3.27. The number of nitrogens with zero attached hydrogens (tertiary/aromatic N) is 2. The van der Waals surface area contributed by atoms with Gasteiger partial charge in [0.15, 0.2) is 0 Å². The molecule has 0 saturated heterocycles. The summed E-state index contributed by atoms with van der Waals surface area (Å²) in [5.41, 5.74) is -0.732. The minimum atomic E-state index is -2.98. The molecule has 0 aromatic carbocycles. The summed E-state index contributed by atoms with van der Waals surface area (Å²) in [6.45, 7) is 0. The van der Waals surface area contributed by atoms with Gasteiger partial charge in [0.1, 0.15) is 0 Å². The number of pyridine rings is 1. The van der Waals surface area contributed by atoms with Crippen LogP contribution in [0.25, 0.3) is 0 Å². The Morgan fingerprint density at radius 2 is 2.20 bits per heavy atom. The third-order valence-electron chi connectivity index (χ3n) is 1.78. The Morgan fingerprint density at radius 3 is 2.67 bits per heavy atom. The van der Waals surface area contributed by atoms with Crippen LogP contribution in [-0.4, -0.2) is 4.98 Å². The third-order valence-corrected chi connectivity index (χ3v) is 2.05. The van der Waals surface area contributed by atoms with Crippen LogP contribution in [0, 0.1) is 17.3 Å². The molecule has 0 amide bonds. The molecule has 1 rings (SSSR count). The maximum atomic E-state index is 13.1. The minimum Gasteiger partial charge on any atom is -0.223 e. The van der Waals surface area contributed by atoms with Crippen molar-refractivity contribution in [2.75, 3.05) is 0 Å². The van der Waals surface area contributed by atoms with Crippen molar-refractivity contribution in [3.8, 4) is 6.07 Å². The molecule has 0 aliphatic carbocycles. The van der Waals surface area contributed by atoms with E-state index in [0.717, 1.165) is 0 Å². The van der Waals surface area contributed by atoms with Gasteiger partial charge in [0.05, 0.1) is 29.6 Å². The summed E-state index contributed by atoms with van der Waals surface area (Å²) in [5, 5.41) is 8.41. The van der Waals surface area contributed by atoms with Gasteiger partial charge in [0.25, 0.3) is 6.43 Å². The van der Waals surface area contributed by atoms with Crippen LogP contribution in [0.15, 0.2) is 6.07 Å². The fraction of sp³-hybridized carbons (Fsp3) is 0.333. The number of alkyl halides is 3. The van der Waals surface area contributed by atoms with Crippen molar-refractivity contribution in [3.63, 3.8) is 0 Å². The Kier molecular flexibility index (Phi) is 3.92. The van der Waals surface area contributed by atoms with Gasteiger partial charge in [-0.05, 0) is 11.6 Å². The van der Waals surface area contributed by atoms with Crippen LogP contribution >= 0.6 is 11.6 Å². The van der Waals surface area contributed by atoms with Gasteiger partial charge in [-0.25, -0.2) is 13.8 Å². The fourth-order valence-corrected chi connectivity index (χ4v) is 1.30. The van der Waals surface area contributed by atoms with Crippen molar-refractivity contribution < 1.29 is 13.2 Å². The van der Waals surface area contributed by atoms with Gasteiger partial charge in [0.2, 0.25) is 5.95 Å². The van der Waals surface area contributed by atoms with Gasteiger partial charge in [-0.3, -0.25) is 0 Å². The van der Waals surface area contributed by atoms with Crippen molar-refractivity contribution in [1.82, 2.24) is 4.98 Å². The highest BCUT2D eigenvalue weighted by Crippen LogP contribution is 2.26. The Morgan fingerprint density at radius 1 is 1.53 bits per heavy atom. The maximum absolute atomic E-state index is 13.1.